The van der Waals surface area contributed by atoms with Crippen molar-refractivity contribution in [1.82, 2.24) is 0 Å². The summed E-state index contributed by atoms with van der Waals surface area (Å²) in [6, 6.07) is 9.37. The van der Waals surface area contributed by atoms with Gasteiger partial charge in [-0.05, 0) is 54.6 Å². The first-order valence-corrected chi connectivity index (χ1v) is 8.72. The maximum atomic E-state index is 2.51. The molecule has 1 saturated carbocycles. The molecule has 0 amide bonds. The van der Waals surface area contributed by atoms with Crippen LogP contribution in [0, 0.1) is 5.41 Å². The smallest absolute Gasteiger partial charge is 0.0190 e. The number of hydrogen-bond donors (Lipinski definition) is 0. The lowest BCUT2D eigenvalue weighted by Gasteiger charge is -2.33. The normalized spacial score (nSPS) is 19.8. The Hall–Kier alpha value is -0.780. The molecule has 0 heterocycles. The van der Waals surface area contributed by atoms with Crippen molar-refractivity contribution in [2.24, 2.45) is 5.41 Å². The maximum Gasteiger partial charge on any atom is -0.0190 e. The van der Waals surface area contributed by atoms with Crippen LogP contribution in [0.4, 0.5) is 0 Å². The van der Waals surface area contributed by atoms with E-state index in [0.29, 0.717) is 11.3 Å². The van der Waals surface area contributed by atoms with Gasteiger partial charge in [0.15, 0.2) is 0 Å². The van der Waals surface area contributed by atoms with Crippen LogP contribution in [0.1, 0.15) is 89.2 Å². The van der Waals surface area contributed by atoms with Crippen LogP contribution in [-0.4, -0.2) is 0 Å². The van der Waals surface area contributed by atoms with Gasteiger partial charge in [-0.2, -0.15) is 0 Å². The molecule has 0 radical (unpaired) electrons. The third kappa shape index (κ3) is 4.36. The SMILES string of the molecule is CCCC(C)c1cccc(CCC2(C)CCCCC2)c1. The second kappa shape index (κ2) is 7.29. The van der Waals surface area contributed by atoms with Crippen LogP contribution < -0.4 is 0 Å². The van der Waals surface area contributed by atoms with Crippen LogP contribution in [0.2, 0.25) is 0 Å². The predicted octanol–water partition coefficient (Wildman–Crippen LogP) is 6.49. The molecule has 20 heavy (non-hydrogen) atoms. The van der Waals surface area contributed by atoms with Crippen molar-refractivity contribution in [1.29, 1.82) is 0 Å². The Kier molecular flexibility index (Phi) is 5.69. The highest BCUT2D eigenvalue weighted by Crippen LogP contribution is 2.39. The topological polar surface area (TPSA) is 0 Å². The minimum absolute atomic E-state index is 0.614. The standard InChI is InChI=1S/C20H32/c1-4-9-17(2)19-11-8-10-18(16-19)12-15-20(3)13-6-5-7-14-20/h8,10-11,16-17H,4-7,9,12-15H2,1-3H3. The first-order chi connectivity index (χ1) is 9.63. The molecule has 0 aliphatic heterocycles. The molecule has 0 N–H and O–H groups in total. The van der Waals surface area contributed by atoms with Crippen molar-refractivity contribution >= 4 is 0 Å². The molecule has 0 heteroatoms. The van der Waals surface area contributed by atoms with E-state index in [-0.39, 0.29) is 0 Å². The van der Waals surface area contributed by atoms with Crippen LogP contribution in [0.5, 0.6) is 0 Å². The van der Waals surface area contributed by atoms with E-state index in [4.69, 9.17) is 0 Å². The van der Waals surface area contributed by atoms with Gasteiger partial charge >= 0.3 is 0 Å². The summed E-state index contributed by atoms with van der Waals surface area (Å²) in [4.78, 5) is 0. The second-order valence-corrected chi connectivity index (χ2v) is 7.31. The van der Waals surface area contributed by atoms with Crippen LogP contribution in [0.3, 0.4) is 0 Å². The highest BCUT2D eigenvalue weighted by atomic mass is 14.3. The van der Waals surface area contributed by atoms with Crippen LogP contribution in [0.15, 0.2) is 24.3 Å². The van der Waals surface area contributed by atoms with Gasteiger partial charge < -0.3 is 0 Å². The molecular weight excluding hydrogens is 240 g/mol. The van der Waals surface area contributed by atoms with Gasteiger partial charge in [0.2, 0.25) is 0 Å². The highest BCUT2D eigenvalue weighted by molar-refractivity contribution is 5.26. The van der Waals surface area contributed by atoms with E-state index >= 15 is 0 Å². The molecule has 1 unspecified atom stereocenters. The molecule has 1 aliphatic rings. The predicted molar refractivity (Wildman–Crippen MR) is 89.3 cm³/mol. The number of aryl methyl sites for hydroxylation is 1. The first-order valence-electron chi connectivity index (χ1n) is 8.72. The molecule has 1 aliphatic carbocycles. The van der Waals surface area contributed by atoms with E-state index in [1.165, 1.54) is 63.4 Å². The molecule has 1 fully saturated rings. The summed E-state index contributed by atoms with van der Waals surface area (Å²) in [7, 11) is 0. The molecule has 112 valence electrons. The van der Waals surface area contributed by atoms with E-state index in [1.807, 2.05) is 0 Å². The van der Waals surface area contributed by atoms with Gasteiger partial charge in [0.05, 0.1) is 0 Å². The third-order valence-corrected chi connectivity index (χ3v) is 5.32. The van der Waals surface area contributed by atoms with Gasteiger partial charge in [0, 0.05) is 0 Å². The van der Waals surface area contributed by atoms with Gasteiger partial charge in [0.1, 0.15) is 0 Å². The molecule has 0 nitrogen and oxygen atoms in total. The van der Waals surface area contributed by atoms with Gasteiger partial charge in [-0.25, -0.2) is 0 Å². The summed E-state index contributed by atoms with van der Waals surface area (Å²) in [5, 5.41) is 0. The molecule has 2 rings (SSSR count). The van der Waals surface area contributed by atoms with E-state index in [1.54, 1.807) is 5.56 Å². The van der Waals surface area contributed by atoms with Crippen molar-refractivity contribution in [3.8, 4) is 0 Å². The zero-order valence-corrected chi connectivity index (χ0v) is 13.8. The lowest BCUT2D eigenvalue weighted by Crippen LogP contribution is -2.20. The Labute approximate surface area is 126 Å². The van der Waals surface area contributed by atoms with E-state index < -0.39 is 0 Å². The van der Waals surface area contributed by atoms with Crippen molar-refractivity contribution in [3.63, 3.8) is 0 Å². The number of benzene rings is 1. The Bertz CT molecular complexity index is 398. The summed E-state index contributed by atoms with van der Waals surface area (Å²) < 4.78 is 0. The van der Waals surface area contributed by atoms with E-state index in [0.717, 1.165) is 0 Å². The Morgan fingerprint density at radius 3 is 2.60 bits per heavy atom. The van der Waals surface area contributed by atoms with E-state index in [9.17, 15) is 0 Å². The fourth-order valence-corrected chi connectivity index (χ4v) is 3.76. The van der Waals surface area contributed by atoms with Crippen molar-refractivity contribution < 1.29 is 0 Å². The maximum absolute atomic E-state index is 2.51. The quantitative estimate of drug-likeness (QED) is 0.555. The summed E-state index contributed by atoms with van der Waals surface area (Å²) >= 11 is 0. The Morgan fingerprint density at radius 2 is 1.90 bits per heavy atom. The molecule has 1 aromatic carbocycles. The average molecular weight is 272 g/mol. The Balaban J connectivity index is 1.94. The summed E-state index contributed by atoms with van der Waals surface area (Å²) in [6.07, 6.45) is 12.5. The van der Waals surface area contributed by atoms with Crippen molar-refractivity contribution in [2.45, 2.75) is 84.5 Å². The lowest BCUT2D eigenvalue weighted by molar-refractivity contribution is 0.199. The molecule has 0 bridgehead atoms. The van der Waals surface area contributed by atoms with Crippen LogP contribution >= 0.6 is 0 Å². The molecule has 0 saturated heterocycles. The van der Waals surface area contributed by atoms with Crippen LogP contribution in [-0.2, 0) is 6.42 Å². The minimum Gasteiger partial charge on any atom is -0.0654 e. The zero-order valence-electron chi connectivity index (χ0n) is 13.8. The number of hydrogen-bond acceptors (Lipinski definition) is 0. The second-order valence-electron chi connectivity index (χ2n) is 7.31. The van der Waals surface area contributed by atoms with E-state index in [2.05, 4.69) is 45.0 Å². The summed E-state index contributed by atoms with van der Waals surface area (Å²) in [5.74, 6) is 0.713. The molecule has 0 spiro atoms. The molecular formula is C20H32. The first kappa shape index (κ1) is 15.6. The van der Waals surface area contributed by atoms with Crippen molar-refractivity contribution in [2.75, 3.05) is 0 Å². The fraction of sp³-hybridized carbons (Fsp3) is 0.700. The fourth-order valence-electron chi connectivity index (χ4n) is 3.76. The average Bonchev–Trinajstić information content (AvgIpc) is 2.47. The van der Waals surface area contributed by atoms with Gasteiger partial charge in [0.25, 0.3) is 0 Å². The minimum atomic E-state index is 0.614. The zero-order chi connectivity index (χ0) is 14.4. The lowest BCUT2D eigenvalue weighted by atomic mass is 9.72. The summed E-state index contributed by atoms with van der Waals surface area (Å²) in [6.45, 7) is 7.16. The summed E-state index contributed by atoms with van der Waals surface area (Å²) in [5.41, 5.74) is 3.71. The monoisotopic (exact) mass is 272 g/mol. The third-order valence-electron chi connectivity index (χ3n) is 5.32. The van der Waals surface area contributed by atoms with Gasteiger partial charge in [-0.15, -0.1) is 0 Å². The molecule has 0 aromatic heterocycles. The Morgan fingerprint density at radius 1 is 1.15 bits per heavy atom. The van der Waals surface area contributed by atoms with Crippen molar-refractivity contribution in [3.05, 3.63) is 35.4 Å². The van der Waals surface area contributed by atoms with Gasteiger partial charge in [-0.3, -0.25) is 0 Å². The van der Waals surface area contributed by atoms with Crippen LogP contribution in [0.25, 0.3) is 0 Å². The van der Waals surface area contributed by atoms with Gasteiger partial charge in [-0.1, -0.05) is 70.7 Å². The molecule has 1 aromatic rings. The highest BCUT2D eigenvalue weighted by Gasteiger charge is 2.26. The molecule has 1 atom stereocenters. The number of rotatable bonds is 6. The largest absolute Gasteiger partial charge is 0.0654 e.